The fraction of sp³-hybridized carbons (Fsp3) is 0.200. The molecule has 0 radical (unpaired) electrons. The van der Waals surface area contributed by atoms with E-state index in [1.165, 1.54) is 18.2 Å². The van der Waals surface area contributed by atoms with E-state index in [0.717, 1.165) is 11.3 Å². The van der Waals surface area contributed by atoms with Crippen LogP contribution in [0.3, 0.4) is 0 Å². The minimum atomic E-state index is -0.812. The molecule has 0 saturated heterocycles. The van der Waals surface area contributed by atoms with Crippen molar-refractivity contribution in [3.05, 3.63) is 95.3 Å². The zero-order valence-electron chi connectivity index (χ0n) is 16.9. The molecule has 31 heavy (non-hydrogen) atoms. The molecule has 0 aliphatic carbocycles. The Morgan fingerprint density at radius 3 is 2.00 bits per heavy atom. The highest BCUT2D eigenvalue weighted by atomic mass is 19.1. The first-order chi connectivity index (χ1) is 15.0. The highest BCUT2D eigenvalue weighted by Crippen LogP contribution is 2.17. The van der Waals surface area contributed by atoms with E-state index < -0.39 is 11.8 Å². The van der Waals surface area contributed by atoms with Gasteiger partial charge in [0.1, 0.15) is 17.3 Å². The van der Waals surface area contributed by atoms with Gasteiger partial charge in [-0.2, -0.15) is 0 Å². The van der Waals surface area contributed by atoms with Gasteiger partial charge >= 0.3 is 5.97 Å². The summed E-state index contributed by atoms with van der Waals surface area (Å²) in [6.07, 6.45) is 1.28. The van der Waals surface area contributed by atoms with E-state index in [-0.39, 0.29) is 12.2 Å². The van der Waals surface area contributed by atoms with Crippen molar-refractivity contribution in [2.24, 2.45) is 0 Å². The van der Waals surface area contributed by atoms with Crippen molar-refractivity contribution in [1.82, 2.24) is 0 Å². The van der Waals surface area contributed by atoms with Gasteiger partial charge in [0.15, 0.2) is 5.78 Å². The van der Waals surface area contributed by atoms with E-state index in [1.54, 1.807) is 30.3 Å². The molecule has 0 heterocycles. The molecule has 0 aliphatic rings. The predicted octanol–water partition coefficient (Wildman–Crippen LogP) is 4.92. The van der Waals surface area contributed by atoms with Gasteiger partial charge in [-0.05, 0) is 60.5 Å². The van der Waals surface area contributed by atoms with Crippen LogP contribution in [0.25, 0.3) is 0 Å². The molecule has 160 valence electrons. The summed E-state index contributed by atoms with van der Waals surface area (Å²) >= 11 is 0. The number of aliphatic carboxylic acids is 1. The zero-order chi connectivity index (χ0) is 22.1. The lowest BCUT2D eigenvalue weighted by atomic mass is 10.0. The Kier molecular flexibility index (Phi) is 7.76. The first-order valence-corrected chi connectivity index (χ1v) is 9.98. The summed E-state index contributed by atoms with van der Waals surface area (Å²) in [6, 6.07) is 19.7. The SMILES string of the molecule is O=C(O)CCc1ccc(OCCCOc2ccc(C(=O)c3cccc(F)c3)cc2)cc1. The van der Waals surface area contributed by atoms with E-state index >= 15 is 0 Å². The molecule has 3 rings (SSSR count). The average molecular weight is 422 g/mol. The van der Waals surface area contributed by atoms with Crippen LogP contribution in [-0.2, 0) is 11.2 Å². The second-order valence-corrected chi connectivity index (χ2v) is 6.95. The summed E-state index contributed by atoms with van der Waals surface area (Å²) in [4.78, 5) is 23.0. The average Bonchev–Trinajstić information content (AvgIpc) is 2.78. The highest BCUT2D eigenvalue weighted by molar-refractivity contribution is 6.09. The summed E-state index contributed by atoms with van der Waals surface area (Å²) in [5, 5.41) is 8.71. The fourth-order valence-electron chi connectivity index (χ4n) is 2.94. The van der Waals surface area contributed by atoms with Gasteiger partial charge in [-0.1, -0.05) is 24.3 Å². The van der Waals surface area contributed by atoms with E-state index in [2.05, 4.69) is 0 Å². The second-order valence-electron chi connectivity index (χ2n) is 6.95. The minimum absolute atomic E-state index is 0.109. The first-order valence-electron chi connectivity index (χ1n) is 9.98. The summed E-state index contributed by atoms with van der Waals surface area (Å²) in [7, 11) is 0. The van der Waals surface area contributed by atoms with Gasteiger partial charge in [0.2, 0.25) is 0 Å². The fourth-order valence-corrected chi connectivity index (χ4v) is 2.94. The number of benzene rings is 3. The van der Waals surface area contributed by atoms with Crippen LogP contribution >= 0.6 is 0 Å². The molecule has 0 aromatic heterocycles. The minimum Gasteiger partial charge on any atom is -0.493 e. The number of carbonyl (C=O) groups is 2. The summed E-state index contributed by atoms with van der Waals surface area (Å²) in [6.45, 7) is 0.929. The van der Waals surface area contributed by atoms with Crippen molar-refractivity contribution in [2.45, 2.75) is 19.3 Å². The third kappa shape index (κ3) is 6.96. The van der Waals surface area contributed by atoms with Crippen LogP contribution in [0.5, 0.6) is 11.5 Å². The largest absolute Gasteiger partial charge is 0.493 e. The van der Waals surface area contributed by atoms with Gasteiger partial charge in [-0.25, -0.2) is 4.39 Å². The normalized spacial score (nSPS) is 10.5. The number of halogens is 1. The van der Waals surface area contributed by atoms with Gasteiger partial charge in [0.05, 0.1) is 13.2 Å². The molecular weight excluding hydrogens is 399 g/mol. The molecule has 0 aliphatic heterocycles. The van der Waals surface area contributed by atoms with Gasteiger partial charge in [0, 0.05) is 24.0 Å². The van der Waals surface area contributed by atoms with Crippen LogP contribution in [0.2, 0.25) is 0 Å². The second kappa shape index (κ2) is 10.9. The number of carboxylic acid groups (broad SMARTS) is 1. The third-order valence-corrected chi connectivity index (χ3v) is 4.58. The summed E-state index contributed by atoms with van der Waals surface area (Å²) < 4.78 is 24.6. The predicted molar refractivity (Wildman–Crippen MR) is 114 cm³/mol. The van der Waals surface area contributed by atoms with Gasteiger partial charge in [-0.3, -0.25) is 9.59 Å². The van der Waals surface area contributed by atoms with E-state index in [9.17, 15) is 14.0 Å². The first kappa shape index (κ1) is 22.0. The van der Waals surface area contributed by atoms with Crippen molar-refractivity contribution >= 4 is 11.8 Å². The Morgan fingerprint density at radius 2 is 1.42 bits per heavy atom. The summed E-state index contributed by atoms with van der Waals surface area (Å²) in [5.41, 5.74) is 1.73. The van der Waals surface area contributed by atoms with Crippen LogP contribution in [0.4, 0.5) is 4.39 Å². The highest BCUT2D eigenvalue weighted by Gasteiger charge is 2.10. The van der Waals surface area contributed by atoms with Crippen LogP contribution in [0.1, 0.15) is 34.3 Å². The molecule has 0 atom stereocenters. The topological polar surface area (TPSA) is 72.8 Å². The van der Waals surface area contributed by atoms with E-state index in [0.29, 0.717) is 42.9 Å². The van der Waals surface area contributed by atoms with Crippen molar-refractivity contribution in [3.63, 3.8) is 0 Å². The lowest BCUT2D eigenvalue weighted by Gasteiger charge is -2.09. The van der Waals surface area contributed by atoms with Gasteiger partial charge < -0.3 is 14.6 Å². The molecule has 0 amide bonds. The van der Waals surface area contributed by atoms with Crippen molar-refractivity contribution in [1.29, 1.82) is 0 Å². The van der Waals surface area contributed by atoms with Gasteiger partial charge in [-0.15, -0.1) is 0 Å². The Hall–Kier alpha value is -3.67. The third-order valence-electron chi connectivity index (χ3n) is 4.58. The lowest BCUT2D eigenvalue weighted by molar-refractivity contribution is -0.136. The molecule has 0 saturated carbocycles. The Morgan fingerprint density at radius 1 is 0.806 bits per heavy atom. The van der Waals surface area contributed by atoms with Crippen LogP contribution in [0, 0.1) is 5.82 Å². The molecule has 5 nitrogen and oxygen atoms in total. The quantitative estimate of drug-likeness (QED) is 0.351. The molecule has 0 bridgehead atoms. The molecule has 3 aromatic rings. The molecule has 3 aromatic carbocycles. The number of aryl methyl sites for hydroxylation is 1. The van der Waals surface area contributed by atoms with Crippen molar-refractivity contribution in [2.75, 3.05) is 13.2 Å². The van der Waals surface area contributed by atoms with Crippen molar-refractivity contribution in [3.8, 4) is 11.5 Å². The Bertz CT molecular complexity index is 1010. The Balaban J connectivity index is 1.39. The molecular formula is C25H23FO5. The number of ether oxygens (including phenoxy) is 2. The molecule has 0 spiro atoms. The number of ketones is 1. The monoisotopic (exact) mass is 422 g/mol. The number of carboxylic acids is 1. The lowest BCUT2D eigenvalue weighted by Crippen LogP contribution is -2.05. The smallest absolute Gasteiger partial charge is 0.303 e. The van der Waals surface area contributed by atoms with E-state index in [4.69, 9.17) is 14.6 Å². The maximum Gasteiger partial charge on any atom is 0.303 e. The molecule has 1 N–H and O–H groups in total. The number of carbonyl (C=O) groups excluding carboxylic acids is 1. The van der Waals surface area contributed by atoms with Gasteiger partial charge in [0.25, 0.3) is 0 Å². The van der Waals surface area contributed by atoms with Crippen LogP contribution in [-0.4, -0.2) is 30.1 Å². The van der Waals surface area contributed by atoms with E-state index in [1.807, 2.05) is 24.3 Å². The maximum atomic E-state index is 13.3. The standard InChI is InChI=1S/C25H23FO5/c26-21-4-1-3-20(17-21)25(29)19-8-12-23(13-9-19)31-16-2-15-30-22-10-5-18(6-11-22)7-14-24(27)28/h1,3-6,8-13,17H,2,7,14-16H2,(H,27,28). The number of hydrogen-bond donors (Lipinski definition) is 1. The van der Waals surface area contributed by atoms with Crippen LogP contribution < -0.4 is 9.47 Å². The summed E-state index contributed by atoms with van der Waals surface area (Å²) in [5.74, 6) is -0.137. The molecule has 6 heteroatoms. The van der Waals surface area contributed by atoms with Crippen LogP contribution in [0.15, 0.2) is 72.8 Å². The maximum absolute atomic E-state index is 13.3. The molecule has 0 unspecified atom stereocenters. The zero-order valence-corrected chi connectivity index (χ0v) is 16.9. The number of hydrogen-bond acceptors (Lipinski definition) is 4. The number of rotatable bonds is 11. The van der Waals surface area contributed by atoms with Crippen molar-refractivity contribution < 1.29 is 28.6 Å². The molecule has 0 fully saturated rings. The Labute approximate surface area is 180 Å².